The molecular weight excluding hydrogens is 369 g/mol. The van der Waals surface area contributed by atoms with Gasteiger partial charge in [-0.3, -0.25) is 4.79 Å². The Hall–Kier alpha value is -2.21. The molecular formula is C21H23ClFNO3. The Kier molecular flexibility index (Phi) is 7.13. The molecule has 0 amide bonds. The first-order valence-electron chi connectivity index (χ1n) is 8.62. The molecule has 0 aromatic heterocycles. The number of benzene rings is 2. The van der Waals surface area contributed by atoms with Crippen molar-refractivity contribution in [3.05, 3.63) is 71.5 Å². The van der Waals surface area contributed by atoms with E-state index in [1.807, 2.05) is 12.1 Å². The van der Waals surface area contributed by atoms with E-state index >= 15 is 0 Å². The number of carboxylic acid groups (broad SMARTS) is 1. The Bertz CT molecular complexity index is 827. The third-order valence-electron chi connectivity index (χ3n) is 4.81. The number of aliphatic hydroxyl groups is 1. The molecule has 0 saturated carbocycles. The highest BCUT2D eigenvalue weighted by Crippen LogP contribution is 2.29. The minimum Gasteiger partial charge on any atom is -0.480 e. The molecule has 0 bridgehead atoms. The Morgan fingerprint density at radius 2 is 2.04 bits per heavy atom. The van der Waals surface area contributed by atoms with Crippen LogP contribution in [-0.2, 0) is 11.2 Å². The predicted molar refractivity (Wildman–Crippen MR) is 105 cm³/mol. The van der Waals surface area contributed by atoms with Gasteiger partial charge in [0.1, 0.15) is 11.4 Å². The highest BCUT2D eigenvalue weighted by Gasteiger charge is 2.39. The van der Waals surface area contributed by atoms with E-state index in [1.165, 1.54) is 12.1 Å². The van der Waals surface area contributed by atoms with Crippen molar-refractivity contribution >= 4 is 17.6 Å². The van der Waals surface area contributed by atoms with Crippen molar-refractivity contribution in [2.45, 2.75) is 24.8 Å². The molecule has 1 unspecified atom stereocenters. The van der Waals surface area contributed by atoms with Crippen molar-refractivity contribution in [1.29, 1.82) is 0 Å². The summed E-state index contributed by atoms with van der Waals surface area (Å²) in [5.41, 5.74) is 6.12. The predicted octanol–water partition coefficient (Wildman–Crippen LogP) is 4.05. The number of carbonyl (C=O) groups is 1. The zero-order chi connectivity index (χ0) is 20.0. The first-order chi connectivity index (χ1) is 12.8. The Labute approximate surface area is 163 Å². The van der Waals surface area contributed by atoms with Gasteiger partial charge in [-0.25, -0.2) is 4.39 Å². The number of hydrogen-bond donors (Lipinski definition) is 3. The van der Waals surface area contributed by atoms with Gasteiger partial charge in [-0.1, -0.05) is 48.0 Å². The van der Waals surface area contributed by atoms with E-state index < -0.39 is 24.0 Å². The summed E-state index contributed by atoms with van der Waals surface area (Å²) in [6.07, 6.45) is 3.12. The molecule has 0 radical (unpaired) electrons. The molecule has 0 aliphatic rings. The van der Waals surface area contributed by atoms with E-state index in [0.29, 0.717) is 35.4 Å². The molecule has 0 aliphatic carbocycles. The van der Waals surface area contributed by atoms with E-state index in [-0.39, 0.29) is 5.82 Å². The van der Waals surface area contributed by atoms with Crippen LogP contribution >= 0.6 is 11.6 Å². The number of aliphatic carboxylic acids is 1. The highest BCUT2D eigenvalue weighted by atomic mass is 35.5. The van der Waals surface area contributed by atoms with Crippen LogP contribution in [0.5, 0.6) is 0 Å². The summed E-state index contributed by atoms with van der Waals surface area (Å²) in [5, 5.41) is 19.2. The van der Waals surface area contributed by atoms with Crippen LogP contribution in [0.25, 0.3) is 11.1 Å². The van der Waals surface area contributed by atoms with E-state index in [4.69, 9.17) is 17.3 Å². The summed E-state index contributed by atoms with van der Waals surface area (Å²) in [7, 11) is 0. The number of aryl methyl sites for hydroxylation is 1. The van der Waals surface area contributed by atoms with Crippen LogP contribution in [0.1, 0.15) is 18.4 Å². The lowest BCUT2D eigenvalue weighted by atomic mass is 9.81. The molecule has 6 heteroatoms. The number of rotatable bonds is 9. The molecule has 2 aromatic rings. The van der Waals surface area contributed by atoms with E-state index in [0.717, 1.165) is 5.56 Å². The molecule has 0 spiro atoms. The minimum atomic E-state index is -1.75. The Morgan fingerprint density at radius 1 is 1.33 bits per heavy atom. The van der Waals surface area contributed by atoms with Gasteiger partial charge >= 0.3 is 5.97 Å². The molecule has 4 nitrogen and oxygen atoms in total. The van der Waals surface area contributed by atoms with Crippen LogP contribution in [0.15, 0.2) is 55.1 Å². The second kappa shape index (κ2) is 9.13. The number of aliphatic hydroxyl groups excluding tert-OH is 1. The van der Waals surface area contributed by atoms with Crippen molar-refractivity contribution in [3.63, 3.8) is 0 Å². The Balaban J connectivity index is 2.07. The van der Waals surface area contributed by atoms with Gasteiger partial charge < -0.3 is 15.9 Å². The zero-order valence-corrected chi connectivity index (χ0v) is 15.6. The fourth-order valence-corrected chi connectivity index (χ4v) is 3.33. The second-order valence-electron chi connectivity index (χ2n) is 6.52. The summed E-state index contributed by atoms with van der Waals surface area (Å²) < 4.78 is 13.9. The monoisotopic (exact) mass is 391 g/mol. The highest BCUT2D eigenvalue weighted by molar-refractivity contribution is 6.31. The topological polar surface area (TPSA) is 83.5 Å². The molecule has 0 aliphatic heterocycles. The third-order valence-corrected chi connectivity index (χ3v) is 5.16. The first-order valence-corrected chi connectivity index (χ1v) is 9.00. The molecule has 2 rings (SSSR count). The average molecular weight is 392 g/mol. The van der Waals surface area contributed by atoms with Crippen molar-refractivity contribution in [3.8, 4) is 11.1 Å². The molecule has 2 aromatic carbocycles. The maximum atomic E-state index is 13.9. The summed E-state index contributed by atoms with van der Waals surface area (Å²) in [6, 6.07) is 11.9. The minimum absolute atomic E-state index is 0.313. The lowest BCUT2D eigenvalue weighted by Crippen LogP contribution is -2.56. The molecule has 144 valence electrons. The lowest BCUT2D eigenvalue weighted by molar-refractivity contribution is -0.146. The molecule has 4 N–H and O–H groups in total. The summed E-state index contributed by atoms with van der Waals surface area (Å²) in [4.78, 5) is 11.4. The van der Waals surface area contributed by atoms with E-state index in [2.05, 4.69) is 6.58 Å². The van der Waals surface area contributed by atoms with Crippen molar-refractivity contribution in [1.82, 2.24) is 0 Å². The van der Waals surface area contributed by atoms with Crippen LogP contribution in [0.2, 0.25) is 5.02 Å². The smallest absolute Gasteiger partial charge is 0.326 e. The zero-order valence-electron chi connectivity index (χ0n) is 14.9. The molecule has 0 heterocycles. The van der Waals surface area contributed by atoms with Crippen molar-refractivity contribution in [2.24, 2.45) is 11.7 Å². The van der Waals surface area contributed by atoms with Gasteiger partial charge in [0.25, 0.3) is 0 Å². The number of halogens is 2. The molecule has 0 saturated heterocycles. The van der Waals surface area contributed by atoms with Crippen molar-refractivity contribution < 1.29 is 19.4 Å². The lowest BCUT2D eigenvalue weighted by Gasteiger charge is -2.29. The standard InChI is InChI=1S/C21H23ClFNO3/c1-2-16(21(24,13-25)20(26)27)7-5-6-14-10-11-15(12-18(14)22)17-8-3-4-9-19(17)23/h2-4,8-12,16,25H,1,5-7,13,24H2,(H,26,27)/t16?,21-/m0/s1. The van der Waals surface area contributed by atoms with Gasteiger partial charge in [0.2, 0.25) is 0 Å². The number of nitrogens with two attached hydrogens (primary N) is 1. The number of carboxylic acids is 1. The molecule has 27 heavy (non-hydrogen) atoms. The maximum absolute atomic E-state index is 13.9. The van der Waals surface area contributed by atoms with Crippen LogP contribution < -0.4 is 5.73 Å². The van der Waals surface area contributed by atoms with Gasteiger partial charge in [0, 0.05) is 16.5 Å². The van der Waals surface area contributed by atoms with Gasteiger partial charge in [0.05, 0.1) is 6.61 Å². The van der Waals surface area contributed by atoms with Crippen LogP contribution in [-0.4, -0.2) is 28.3 Å². The van der Waals surface area contributed by atoms with Gasteiger partial charge in [-0.15, -0.1) is 6.58 Å². The van der Waals surface area contributed by atoms with E-state index in [1.54, 1.807) is 24.3 Å². The second-order valence-corrected chi connectivity index (χ2v) is 6.93. The summed E-state index contributed by atoms with van der Waals surface area (Å²) in [5.74, 6) is -2.15. The van der Waals surface area contributed by atoms with Crippen molar-refractivity contribution in [2.75, 3.05) is 6.61 Å². The molecule has 0 fully saturated rings. The SMILES string of the molecule is C=CC(CCCc1ccc(-c2ccccc2F)cc1Cl)[C@@](N)(CO)C(=O)O. The number of hydrogen-bond acceptors (Lipinski definition) is 3. The quantitative estimate of drug-likeness (QED) is 0.563. The van der Waals surface area contributed by atoms with Crippen LogP contribution in [0.4, 0.5) is 4.39 Å². The summed E-state index contributed by atoms with van der Waals surface area (Å²) in [6.45, 7) is 2.97. The van der Waals surface area contributed by atoms with Crippen LogP contribution in [0, 0.1) is 11.7 Å². The fourth-order valence-electron chi connectivity index (χ4n) is 3.05. The van der Waals surface area contributed by atoms with Crippen LogP contribution in [0.3, 0.4) is 0 Å². The largest absolute Gasteiger partial charge is 0.480 e. The van der Waals surface area contributed by atoms with Gasteiger partial charge in [0.15, 0.2) is 0 Å². The van der Waals surface area contributed by atoms with Gasteiger partial charge in [-0.05, 0) is 42.5 Å². The normalized spacial score (nSPS) is 14.4. The molecule has 2 atom stereocenters. The Morgan fingerprint density at radius 3 is 2.59 bits per heavy atom. The maximum Gasteiger partial charge on any atom is 0.326 e. The average Bonchev–Trinajstić information content (AvgIpc) is 2.66. The first kappa shape index (κ1) is 21.1. The third kappa shape index (κ3) is 4.75. The summed E-state index contributed by atoms with van der Waals surface area (Å²) >= 11 is 6.35. The van der Waals surface area contributed by atoms with Gasteiger partial charge in [-0.2, -0.15) is 0 Å². The fraction of sp³-hybridized carbons (Fsp3) is 0.286. The van der Waals surface area contributed by atoms with E-state index in [9.17, 15) is 19.4 Å².